The Bertz CT molecular complexity index is 528. The summed E-state index contributed by atoms with van der Waals surface area (Å²) in [5, 5.41) is 14.2. The minimum Gasteiger partial charge on any atom is -0.508 e. The van der Waals surface area contributed by atoms with Crippen LogP contribution in [0.4, 0.5) is 0 Å². The Morgan fingerprint density at radius 3 is 2.67 bits per heavy atom. The average Bonchev–Trinajstić information content (AvgIpc) is 2.38. The summed E-state index contributed by atoms with van der Waals surface area (Å²) >= 11 is 0. The summed E-state index contributed by atoms with van der Waals surface area (Å²) < 4.78 is 0. The first-order valence-electron chi connectivity index (χ1n) is 7.99. The van der Waals surface area contributed by atoms with E-state index in [0.717, 1.165) is 25.8 Å². The third-order valence-electron chi connectivity index (χ3n) is 6.24. The topological polar surface area (TPSA) is 32.3 Å². The summed E-state index contributed by atoms with van der Waals surface area (Å²) in [4.78, 5) is 0. The van der Waals surface area contributed by atoms with Crippen LogP contribution in [0.2, 0.25) is 0 Å². The number of nitrogens with one attached hydrogen (secondary N) is 1. The SMILES string of the molecule is CCCC1c2c(O)cccc2C2(C)CCNC1C2(C)C.Cl. The number of phenols is 1. The molecule has 3 heteroatoms. The molecule has 0 aromatic heterocycles. The molecule has 0 amide bonds. The highest BCUT2D eigenvalue weighted by Crippen LogP contribution is 2.59. The first-order chi connectivity index (χ1) is 9.43. The van der Waals surface area contributed by atoms with E-state index in [1.807, 2.05) is 12.1 Å². The van der Waals surface area contributed by atoms with Gasteiger partial charge in [0.2, 0.25) is 0 Å². The Kier molecular flexibility index (Phi) is 4.34. The molecule has 0 radical (unpaired) electrons. The van der Waals surface area contributed by atoms with Crippen LogP contribution in [0.3, 0.4) is 0 Å². The fourth-order valence-electron chi connectivity index (χ4n) is 4.74. The van der Waals surface area contributed by atoms with E-state index in [1.54, 1.807) is 0 Å². The predicted molar refractivity (Wildman–Crippen MR) is 90.5 cm³/mol. The second kappa shape index (κ2) is 5.48. The van der Waals surface area contributed by atoms with Gasteiger partial charge in [0, 0.05) is 22.9 Å². The minimum atomic E-state index is 0. The second-order valence-electron chi connectivity index (χ2n) is 7.37. The van der Waals surface area contributed by atoms with Crippen LogP contribution in [0.5, 0.6) is 5.75 Å². The van der Waals surface area contributed by atoms with Gasteiger partial charge >= 0.3 is 0 Å². The lowest BCUT2D eigenvalue weighted by Gasteiger charge is -2.60. The molecule has 1 aliphatic carbocycles. The maximum absolute atomic E-state index is 10.5. The van der Waals surface area contributed by atoms with Gasteiger partial charge in [0.1, 0.15) is 5.75 Å². The number of benzene rings is 1. The smallest absolute Gasteiger partial charge is 0.119 e. The molecule has 1 saturated heterocycles. The first kappa shape index (κ1) is 16.6. The Balaban J connectivity index is 0.00000161. The van der Waals surface area contributed by atoms with Crippen molar-refractivity contribution in [1.82, 2.24) is 5.32 Å². The van der Waals surface area contributed by atoms with Crippen molar-refractivity contribution in [3.05, 3.63) is 29.3 Å². The molecular formula is C18H28ClNO. The van der Waals surface area contributed by atoms with Crippen molar-refractivity contribution in [3.8, 4) is 5.75 Å². The fraction of sp³-hybridized carbons (Fsp3) is 0.667. The molecule has 1 aromatic rings. The summed E-state index contributed by atoms with van der Waals surface area (Å²) in [5.41, 5.74) is 2.97. The summed E-state index contributed by atoms with van der Waals surface area (Å²) in [6.45, 7) is 10.5. The molecule has 21 heavy (non-hydrogen) atoms. The van der Waals surface area contributed by atoms with E-state index in [1.165, 1.54) is 11.1 Å². The van der Waals surface area contributed by atoms with Gasteiger partial charge in [0.05, 0.1) is 0 Å². The molecule has 1 aliphatic heterocycles. The second-order valence-corrected chi connectivity index (χ2v) is 7.37. The maximum atomic E-state index is 10.5. The number of phenolic OH excluding ortho intramolecular Hbond substituents is 1. The van der Waals surface area contributed by atoms with Crippen LogP contribution in [0.25, 0.3) is 0 Å². The van der Waals surface area contributed by atoms with Crippen LogP contribution in [0, 0.1) is 5.41 Å². The van der Waals surface area contributed by atoms with Gasteiger partial charge in [0.15, 0.2) is 0 Å². The zero-order chi connectivity index (χ0) is 14.5. The van der Waals surface area contributed by atoms with Crippen LogP contribution >= 0.6 is 12.4 Å². The number of halogens is 1. The van der Waals surface area contributed by atoms with Gasteiger partial charge in [-0.2, -0.15) is 0 Å². The highest BCUT2D eigenvalue weighted by Gasteiger charge is 2.56. The molecule has 3 atom stereocenters. The highest BCUT2D eigenvalue weighted by molar-refractivity contribution is 5.85. The molecule has 118 valence electrons. The van der Waals surface area contributed by atoms with E-state index in [4.69, 9.17) is 0 Å². The third-order valence-corrected chi connectivity index (χ3v) is 6.24. The zero-order valence-electron chi connectivity index (χ0n) is 13.6. The Morgan fingerprint density at radius 2 is 2.00 bits per heavy atom. The molecule has 3 unspecified atom stereocenters. The van der Waals surface area contributed by atoms with Crippen molar-refractivity contribution >= 4 is 12.4 Å². The molecule has 2 N–H and O–H groups in total. The Morgan fingerprint density at radius 1 is 1.29 bits per heavy atom. The quantitative estimate of drug-likeness (QED) is 0.851. The summed E-state index contributed by atoms with van der Waals surface area (Å²) in [5.74, 6) is 0.927. The molecule has 0 saturated carbocycles. The zero-order valence-corrected chi connectivity index (χ0v) is 14.4. The minimum absolute atomic E-state index is 0. The molecule has 1 aromatic carbocycles. The monoisotopic (exact) mass is 309 g/mol. The molecule has 0 spiro atoms. The van der Waals surface area contributed by atoms with Crippen molar-refractivity contribution in [1.29, 1.82) is 0 Å². The van der Waals surface area contributed by atoms with Gasteiger partial charge in [0.25, 0.3) is 0 Å². The number of piperidine rings is 1. The van der Waals surface area contributed by atoms with Crippen molar-refractivity contribution in [3.63, 3.8) is 0 Å². The van der Waals surface area contributed by atoms with E-state index in [2.05, 4.69) is 39.1 Å². The van der Waals surface area contributed by atoms with Crippen LogP contribution in [0.15, 0.2) is 18.2 Å². The standard InChI is InChI=1S/C18H27NO.ClH/c1-5-7-12-15-13(8-6-9-14(15)20)18(4)10-11-19-16(12)17(18,2)3;/h6,8-9,12,16,19-20H,5,7,10-11H2,1-4H3;1H. The van der Waals surface area contributed by atoms with E-state index >= 15 is 0 Å². The molecular weight excluding hydrogens is 282 g/mol. The predicted octanol–water partition coefficient (Wildman–Crippen LogP) is 4.36. The number of fused-ring (bicyclic) bond motifs is 4. The van der Waals surface area contributed by atoms with Gasteiger partial charge in [-0.1, -0.05) is 46.2 Å². The van der Waals surface area contributed by atoms with Gasteiger partial charge in [-0.25, -0.2) is 0 Å². The van der Waals surface area contributed by atoms with Gasteiger partial charge in [-0.15, -0.1) is 12.4 Å². The number of hydrogen-bond donors (Lipinski definition) is 2. The van der Waals surface area contributed by atoms with Crippen molar-refractivity contribution in [2.24, 2.45) is 5.41 Å². The average molecular weight is 310 g/mol. The Labute approximate surface area is 134 Å². The molecule has 1 fully saturated rings. The molecule has 2 nitrogen and oxygen atoms in total. The Hall–Kier alpha value is -0.730. The highest BCUT2D eigenvalue weighted by atomic mass is 35.5. The van der Waals surface area contributed by atoms with Crippen LogP contribution in [0.1, 0.15) is 64.0 Å². The van der Waals surface area contributed by atoms with E-state index in [0.29, 0.717) is 17.7 Å². The van der Waals surface area contributed by atoms with Crippen molar-refractivity contribution in [2.45, 2.75) is 64.3 Å². The van der Waals surface area contributed by atoms with Crippen LogP contribution in [-0.4, -0.2) is 17.7 Å². The molecule has 1 heterocycles. The first-order valence-corrected chi connectivity index (χ1v) is 7.99. The lowest BCUT2D eigenvalue weighted by molar-refractivity contribution is 0.0357. The summed E-state index contributed by atoms with van der Waals surface area (Å²) in [6, 6.07) is 6.59. The fourth-order valence-corrected chi connectivity index (χ4v) is 4.74. The lowest BCUT2D eigenvalue weighted by atomic mass is 9.48. The van der Waals surface area contributed by atoms with Gasteiger partial charge < -0.3 is 10.4 Å². The normalized spacial score (nSPS) is 33.0. The summed E-state index contributed by atoms with van der Waals surface area (Å²) in [6.07, 6.45) is 3.44. The number of rotatable bonds is 2. The molecule has 2 aliphatic rings. The summed E-state index contributed by atoms with van der Waals surface area (Å²) in [7, 11) is 0. The van der Waals surface area contributed by atoms with Crippen LogP contribution < -0.4 is 5.32 Å². The largest absolute Gasteiger partial charge is 0.508 e. The van der Waals surface area contributed by atoms with E-state index in [9.17, 15) is 5.11 Å². The van der Waals surface area contributed by atoms with Gasteiger partial charge in [-0.3, -0.25) is 0 Å². The number of hydrogen-bond acceptors (Lipinski definition) is 2. The third kappa shape index (κ3) is 2.10. The lowest BCUT2D eigenvalue weighted by Crippen LogP contribution is -2.63. The molecule has 3 rings (SSSR count). The van der Waals surface area contributed by atoms with E-state index in [-0.39, 0.29) is 23.2 Å². The number of aromatic hydroxyl groups is 1. The van der Waals surface area contributed by atoms with Crippen molar-refractivity contribution < 1.29 is 5.11 Å². The van der Waals surface area contributed by atoms with Crippen LogP contribution in [-0.2, 0) is 5.41 Å². The van der Waals surface area contributed by atoms with Crippen molar-refractivity contribution in [2.75, 3.05) is 6.54 Å². The molecule has 2 bridgehead atoms. The maximum Gasteiger partial charge on any atom is 0.119 e. The van der Waals surface area contributed by atoms with Gasteiger partial charge in [-0.05, 0) is 36.4 Å². The van der Waals surface area contributed by atoms with E-state index < -0.39 is 0 Å².